The molecule has 0 bridgehead atoms. The Morgan fingerprint density at radius 2 is 1.88 bits per heavy atom. The number of aryl methyl sites for hydroxylation is 1. The van der Waals surface area contributed by atoms with Crippen molar-refractivity contribution in [3.8, 4) is 5.75 Å². The number of para-hydroxylation sites is 1. The van der Waals surface area contributed by atoms with Crippen molar-refractivity contribution in [2.24, 2.45) is 5.16 Å². The highest BCUT2D eigenvalue weighted by Crippen LogP contribution is 2.37. The molecule has 176 valence electrons. The van der Waals surface area contributed by atoms with Crippen molar-refractivity contribution in [2.75, 3.05) is 25.5 Å². The molecule has 0 saturated carbocycles. The fourth-order valence-electron chi connectivity index (χ4n) is 4.43. The summed E-state index contributed by atoms with van der Waals surface area (Å²) in [5.41, 5.74) is 4.42. The summed E-state index contributed by atoms with van der Waals surface area (Å²) in [4.78, 5) is 24.2. The zero-order valence-corrected chi connectivity index (χ0v) is 20.1. The summed E-state index contributed by atoms with van der Waals surface area (Å²) in [6, 6.07) is 13.9. The van der Waals surface area contributed by atoms with E-state index in [1.165, 1.54) is 0 Å². The molecular formula is C26H33N3O4. The maximum Gasteiger partial charge on any atom is 0.430 e. The van der Waals surface area contributed by atoms with Crippen LogP contribution in [0.2, 0.25) is 0 Å². The fourth-order valence-corrected chi connectivity index (χ4v) is 4.43. The van der Waals surface area contributed by atoms with Crippen LogP contribution in [0.3, 0.4) is 0 Å². The summed E-state index contributed by atoms with van der Waals surface area (Å²) in [7, 11) is 1.66. The lowest BCUT2D eigenvalue weighted by atomic mass is 9.84. The number of nitrogens with one attached hydrogen (secondary N) is 1. The fraction of sp³-hybridized carbons (Fsp3) is 0.462. The van der Waals surface area contributed by atoms with E-state index in [1.807, 2.05) is 49.4 Å². The van der Waals surface area contributed by atoms with E-state index in [4.69, 9.17) is 14.4 Å². The molecule has 33 heavy (non-hydrogen) atoms. The van der Waals surface area contributed by atoms with Crippen molar-refractivity contribution in [2.45, 2.75) is 58.0 Å². The molecular weight excluding hydrogens is 418 g/mol. The van der Waals surface area contributed by atoms with Crippen LogP contribution in [0.4, 0.5) is 10.5 Å². The SMILES string of the molecule is COc1cccc(C2=NOC3(CCN(OC(=O)Nc4c(C)cccc4C(C)(C)C)CC3)C2)c1. The van der Waals surface area contributed by atoms with Crippen LogP contribution >= 0.6 is 0 Å². The van der Waals surface area contributed by atoms with E-state index >= 15 is 0 Å². The number of methoxy groups -OCH3 is 1. The average molecular weight is 452 g/mol. The highest BCUT2D eigenvalue weighted by molar-refractivity contribution is 6.02. The summed E-state index contributed by atoms with van der Waals surface area (Å²) in [6.45, 7) is 9.57. The molecule has 2 aliphatic rings. The highest BCUT2D eigenvalue weighted by atomic mass is 16.7. The largest absolute Gasteiger partial charge is 0.497 e. The summed E-state index contributed by atoms with van der Waals surface area (Å²) in [5.74, 6) is 0.800. The number of piperidine rings is 1. The normalized spacial score (nSPS) is 17.9. The molecule has 0 aromatic heterocycles. The topological polar surface area (TPSA) is 72.4 Å². The van der Waals surface area contributed by atoms with Crippen molar-refractivity contribution in [1.29, 1.82) is 0 Å². The van der Waals surface area contributed by atoms with Gasteiger partial charge in [-0.25, -0.2) is 4.79 Å². The second-order valence-corrected chi connectivity index (χ2v) is 9.90. The molecule has 7 heteroatoms. The van der Waals surface area contributed by atoms with E-state index in [2.05, 4.69) is 31.2 Å². The first-order valence-corrected chi connectivity index (χ1v) is 11.4. The summed E-state index contributed by atoms with van der Waals surface area (Å²) >= 11 is 0. The highest BCUT2D eigenvalue weighted by Gasteiger charge is 2.43. The lowest BCUT2D eigenvalue weighted by molar-refractivity contribution is -0.154. The van der Waals surface area contributed by atoms with Crippen molar-refractivity contribution in [3.05, 3.63) is 59.2 Å². The quantitative estimate of drug-likeness (QED) is 0.672. The van der Waals surface area contributed by atoms with Gasteiger partial charge in [0.25, 0.3) is 0 Å². The number of hydrogen-bond donors (Lipinski definition) is 1. The maximum absolute atomic E-state index is 12.7. The van der Waals surface area contributed by atoms with Gasteiger partial charge in [0.05, 0.1) is 18.5 Å². The number of benzene rings is 2. The van der Waals surface area contributed by atoms with Gasteiger partial charge < -0.3 is 14.4 Å². The Morgan fingerprint density at radius 1 is 1.15 bits per heavy atom. The smallest absolute Gasteiger partial charge is 0.430 e. The number of amides is 1. The van der Waals surface area contributed by atoms with Gasteiger partial charge in [-0.2, -0.15) is 0 Å². The molecule has 0 unspecified atom stereocenters. The van der Waals surface area contributed by atoms with Crippen LogP contribution in [0.5, 0.6) is 5.75 Å². The van der Waals surface area contributed by atoms with E-state index < -0.39 is 6.09 Å². The third-order valence-corrected chi connectivity index (χ3v) is 6.40. The van der Waals surface area contributed by atoms with Crippen molar-refractivity contribution in [3.63, 3.8) is 0 Å². The molecule has 2 aromatic carbocycles. The third-order valence-electron chi connectivity index (χ3n) is 6.40. The molecule has 1 amide bonds. The molecule has 0 radical (unpaired) electrons. The van der Waals surface area contributed by atoms with E-state index in [1.54, 1.807) is 12.2 Å². The van der Waals surface area contributed by atoms with Crippen molar-refractivity contribution >= 4 is 17.5 Å². The molecule has 0 atom stereocenters. The van der Waals surface area contributed by atoms with E-state index in [-0.39, 0.29) is 11.0 Å². The molecule has 2 aliphatic heterocycles. The van der Waals surface area contributed by atoms with E-state index in [9.17, 15) is 4.79 Å². The number of oxime groups is 1. The van der Waals surface area contributed by atoms with Gasteiger partial charge in [0.2, 0.25) is 0 Å². The van der Waals surface area contributed by atoms with Crippen LogP contribution in [-0.2, 0) is 15.1 Å². The van der Waals surface area contributed by atoms with Crippen LogP contribution in [-0.4, -0.2) is 42.7 Å². The number of hydroxylamine groups is 2. The predicted octanol–water partition coefficient (Wildman–Crippen LogP) is 5.42. The van der Waals surface area contributed by atoms with Gasteiger partial charge >= 0.3 is 6.09 Å². The van der Waals surface area contributed by atoms with Crippen molar-refractivity contribution in [1.82, 2.24) is 5.06 Å². The maximum atomic E-state index is 12.7. The van der Waals surface area contributed by atoms with Gasteiger partial charge in [0, 0.05) is 37.9 Å². The van der Waals surface area contributed by atoms with Crippen LogP contribution in [0, 0.1) is 6.92 Å². The van der Waals surface area contributed by atoms with Crippen LogP contribution in [0.1, 0.15) is 56.7 Å². The molecule has 0 aliphatic carbocycles. The second kappa shape index (κ2) is 9.06. The number of nitrogens with zero attached hydrogens (tertiary/aromatic N) is 2. The number of carbonyl (C=O) groups excluding carboxylic acids is 1. The summed E-state index contributed by atoms with van der Waals surface area (Å²) in [6.07, 6.45) is 1.73. The third kappa shape index (κ3) is 5.14. The lowest BCUT2D eigenvalue weighted by Gasteiger charge is -2.35. The molecule has 1 fully saturated rings. The first kappa shape index (κ1) is 23.1. The zero-order chi connectivity index (χ0) is 23.6. The van der Waals surface area contributed by atoms with Gasteiger partial charge in [0.1, 0.15) is 11.4 Å². The Kier molecular flexibility index (Phi) is 6.34. The number of carbonyl (C=O) groups is 1. The van der Waals surface area contributed by atoms with Gasteiger partial charge in [0.15, 0.2) is 0 Å². The van der Waals surface area contributed by atoms with Crippen LogP contribution in [0.15, 0.2) is 47.6 Å². The number of anilines is 1. The molecule has 1 N–H and O–H groups in total. The van der Waals surface area contributed by atoms with Gasteiger partial charge in [-0.1, -0.05) is 56.3 Å². The Bertz CT molecular complexity index is 1050. The molecule has 1 saturated heterocycles. The zero-order valence-electron chi connectivity index (χ0n) is 20.1. The minimum atomic E-state index is -0.466. The number of ether oxygens (including phenoxy) is 1. The Morgan fingerprint density at radius 3 is 2.58 bits per heavy atom. The number of hydrogen-bond acceptors (Lipinski definition) is 6. The minimum absolute atomic E-state index is 0.0908. The second-order valence-electron chi connectivity index (χ2n) is 9.90. The molecule has 7 nitrogen and oxygen atoms in total. The summed E-state index contributed by atoms with van der Waals surface area (Å²) in [5, 5.41) is 9.04. The van der Waals surface area contributed by atoms with Crippen LogP contribution in [0.25, 0.3) is 0 Å². The number of rotatable bonds is 4. The van der Waals surface area contributed by atoms with Gasteiger partial charge in [-0.05, 0) is 35.6 Å². The van der Waals surface area contributed by atoms with E-state index in [0.717, 1.165) is 53.1 Å². The molecule has 4 rings (SSSR count). The minimum Gasteiger partial charge on any atom is -0.497 e. The Hall–Kier alpha value is -3.06. The van der Waals surface area contributed by atoms with Gasteiger partial charge in [-0.15, -0.1) is 5.06 Å². The van der Waals surface area contributed by atoms with Gasteiger partial charge in [-0.3, -0.25) is 5.32 Å². The molecule has 2 heterocycles. The van der Waals surface area contributed by atoms with Crippen molar-refractivity contribution < 1.29 is 19.2 Å². The molecule has 2 aromatic rings. The first-order valence-electron chi connectivity index (χ1n) is 11.4. The summed E-state index contributed by atoms with van der Waals surface area (Å²) < 4.78 is 5.32. The lowest BCUT2D eigenvalue weighted by Crippen LogP contribution is -2.45. The van der Waals surface area contributed by atoms with Crippen LogP contribution < -0.4 is 10.1 Å². The Balaban J connectivity index is 1.33. The first-order chi connectivity index (χ1) is 15.7. The Labute approximate surface area is 195 Å². The van der Waals surface area contributed by atoms with E-state index in [0.29, 0.717) is 13.1 Å². The average Bonchev–Trinajstić information content (AvgIpc) is 3.20. The standard InChI is InChI=1S/C26H33N3O4/c1-18-8-6-11-21(25(2,3)4)23(18)27-24(30)32-29-14-12-26(13-15-29)17-22(28-33-26)19-9-7-10-20(16-19)31-5/h6-11,16H,12-15,17H2,1-5H3,(H,27,30). The monoisotopic (exact) mass is 451 g/mol. The molecule has 1 spiro atoms. The predicted molar refractivity (Wildman–Crippen MR) is 129 cm³/mol.